The normalized spacial score (nSPS) is 15.5. The van der Waals surface area contributed by atoms with Gasteiger partial charge in [-0.3, -0.25) is 5.10 Å². The number of nitrogens with one attached hydrogen (secondary N) is 1. The maximum absolute atomic E-state index is 12.0. The van der Waals surface area contributed by atoms with E-state index in [4.69, 9.17) is 4.52 Å². The number of nitrogens with zero attached hydrogens (tertiary/aromatic N) is 5. The Morgan fingerprint density at radius 3 is 2.92 bits per heavy atom. The second kappa shape index (κ2) is 6.78. The summed E-state index contributed by atoms with van der Waals surface area (Å²) in [5, 5.41) is 12.2. The minimum atomic E-state index is 0.0591. The standard InChI is InChI=1S/C18H22N6O2/c1-23(2)18(25)24-7-5-13(6-8-24)17-20-16(22-26-17)10-12-3-4-14-11-19-21-15(14)9-12/h3-4,9,11,13H,5-8,10H2,1-2H3,(H,19,21). The summed E-state index contributed by atoms with van der Waals surface area (Å²) < 4.78 is 5.50. The third-order valence-corrected chi connectivity index (χ3v) is 4.85. The van der Waals surface area contributed by atoms with E-state index in [-0.39, 0.29) is 11.9 Å². The van der Waals surface area contributed by atoms with Crippen LogP contribution in [0.15, 0.2) is 28.9 Å². The molecular weight excluding hydrogens is 332 g/mol. The number of carbonyl (C=O) groups is 1. The average molecular weight is 354 g/mol. The van der Waals surface area contributed by atoms with Crippen molar-refractivity contribution in [1.82, 2.24) is 30.1 Å². The van der Waals surface area contributed by atoms with Gasteiger partial charge in [-0.2, -0.15) is 10.1 Å². The summed E-state index contributed by atoms with van der Waals surface area (Å²) in [5.74, 6) is 1.59. The lowest BCUT2D eigenvalue weighted by Crippen LogP contribution is -2.43. The molecule has 136 valence electrons. The van der Waals surface area contributed by atoms with Gasteiger partial charge in [0.25, 0.3) is 0 Å². The van der Waals surface area contributed by atoms with E-state index in [2.05, 4.69) is 32.5 Å². The molecule has 0 saturated carbocycles. The molecule has 0 unspecified atom stereocenters. The number of hydrogen-bond donors (Lipinski definition) is 1. The Hall–Kier alpha value is -2.90. The average Bonchev–Trinajstić information content (AvgIpc) is 3.30. The fourth-order valence-electron chi connectivity index (χ4n) is 3.38. The molecule has 3 heterocycles. The predicted octanol–water partition coefficient (Wildman–Crippen LogP) is 2.40. The van der Waals surface area contributed by atoms with E-state index in [0.717, 1.165) is 42.4 Å². The predicted molar refractivity (Wildman–Crippen MR) is 95.8 cm³/mol. The van der Waals surface area contributed by atoms with E-state index >= 15 is 0 Å². The molecule has 1 aliphatic rings. The molecule has 1 saturated heterocycles. The monoisotopic (exact) mass is 354 g/mol. The zero-order chi connectivity index (χ0) is 18.1. The fourth-order valence-corrected chi connectivity index (χ4v) is 3.38. The van der Waals surface area contributed by atoms with E-state index in [1.54, 1.807) is 25.2 Å². The molecule has 0 bridgehead atoms. The van der Waals surface area contributed by atoms with Crippen LogP contribution < -0.4 is 0 Å². The van der Waals surface area contributed by atoms with Gasteiger partial charge in [-0.05, 0) is 24.5 Å². The summed E-state index contributed by atoms with van der Waals surface area (Å²) in [6, 6.07) is 6.21. The van der Waals surface area contributed by atoms with Gasteiger partial charge in [0.15, 0.2) is 5.82 Å². The second-order valence-electron chi connectivity index (χ2n) is 6.96. The van der Waals surface area contributed by atoms with E-state index < -0.39 is 0 Å². The van der Waals surface area contributed by atoms with Crippen LogP contribution in [0.3, 0.4) is 0 Å². The largest absolute Gasteiger partial charge is 0.339 e. The number of rotatable bonds is 3. The SMILES string of the molecule is CN(C)C(=O)N1CCC(c2nc(Cc3ccc4cn[nH]c4c3)no2)CC1. The smallest absolute Gasteiger partial charge is 0.319 e. The highest BCUT2D eigenvalue weighted by Gasteiger charge is 2.28. The van der Waals surface area contributed by atoms with Crippen LogP contribution in [-0.2, 0) is 6.42 Å². The molecule has 8 nitrogen and oxygen atoms in total. The number of aromatic nitrogens is 4. The molecule has 1 aromatic carbocycles. The zero-order valence-electron chi connectivity index (χ0n) is 15.0. The van der Waals surface area contributed by atoms with Gasteiger partial charge in [0.05, 0.1) is 11.7 Å². The molecule has 0 aliphatic carbocycles. The van der Waals surface area contributed by atoms with E-state index in [1.807, 2.05) is 11.0 Å². The van der Waals surface area contributed by atoms with Crippen molar-refractivity contribution in [2.45, 2.75) is 25.2 Å². The van der Waals surface area contributed by atoms with Crippen LogP contribution in [0.5, 0.6) is 0 Å². The molecule has 0 spiro atoms. The van der Waals surface area contributed by atoms with Crippen molar-refractivity contribution in [3.8, 4) is 0 Å². The van der Waals surface area contributed by atoms with E-state index in [1.165, 1.54) is 0 Å². The number of fused-ring (bicyclic) bond motifs is 1. The number of urea groups is 1. The van der Waals surface area contributed by atoms with Crippen molar-refractivity contribution in [3.05, 3.63) is 41.7 Å². The first-order valence-electron chi connectivity index (χ1n) is 8.81. The van der Waals surface area contributed by atoms with Crippen molar-refractivity contribution in [3.63, 3.8) is 0 Å². The molecule has 2 aromatic heterocycles. The molecule has 2 amide bonds. The third-order valence-electron chi connectivity index (χ3n) is 4.85. The Morgan fingerprint density at radius 2 is 2.15 bits per heavy atom. The molecule has 8 heteroatoms. The van der Waals surface area contributed by atoms with Crippen LogP contribution in [0, 0.1) is 0 Å². The van der Waals surface area contributed by atoms with Gasteiger partial charge in [-0.25, -0.2) is 4.79 Å². The van der Waals surface area contributed by atoms with Crippen LogP contribution in [0.2, 0.25) is 0 Å². The summed E-state index contributed by atoms with van der Waals surface area (Å²) in [4.78, 5) is 20.1. The molecule has 1 aliphatic heterocycles. The van der Waals surface area contributed by atoms with Crippen LogP contribution >= 0.6 is 0 Å². The first kappa shape index (κ1) is 16.6. The van der Waals surface area contributed by atoms with Crippen molar-refractivity contribution in [2.24, 2.45) is 0 Å². The Labute approximate surface area is 151 Å². The number of piperidine rings is 1. The highest BCUT2D eigenvalue weighted by Crippen LogP contribution is 2.27. The van der Waals surface area contributed by atoms with Crippen LogP contribution in [0.4, 0.5) is 4.79 Å². The number of aromatic amines is 1. The molecule has 0 radical (unpaired) electrons. The first-order valence-corrected chi connectivity index (χ1v) is 8.81. The Kier molecular flexibility index (Phi) is 4.32. The van der Waals surface area contributed by atoms with E-state index in [0.29, 0.717) is 18.1 Å². The van der Waals surface area contributed by atoms with Crippen molar-refractivity contribution in [1.29, 1.82) is 0 Å². The van der Waals surface area contributed by atoms with Crippen LogP contribution in [0.25, 0.3) is 10.9 Å². The van der Waals surface area contributed by atoms with Gasteiger partial charge >= 0.3 is 6.03 Å². The molecular formula is C18H22N6O2. The summed E-state index contributed by atoms with van der Waals surface area (Å²) in [6.07, 6.45) is 4.12. The van der Waals surface area contributed by atoms with Crippen molar-refractivity contribution in [2.75, 3.05) is 27.2 Å². The zero-order valence-corrected chi connectivity index (χ0v) is 15.0. The quantitative estimate of drug-likeness (QED) is 0.780. The van der Waals surface area contributed by atoms with Crippen LogP contribution in [0.1, 0.15) is 36.0 Å². The number of carbonyl (C=O) groups excluding carboxylic acids is 1. The van der Waals surface area contributed by atoms with Crippen molar-refractivity contribution >= 4 is 16.9 Å². The minimum absolute atomic E-state index is 0.0591. The number of hydrogen-bond acceptors (Lipinski definition) is 5. The van der Waals surface area contributed by atoms with E-state index in [9.17, 15) is 4.79 Å². The number of benzene rings is 1. The second-order valence-corrected chi connectivity index (χ2v) is 6.96. The van der Waals surface area contributed by atoms with Gasteiger partial charge < -0.3 is 14.3 Å². The summed E-state index contributed by atoms with van der Waals surface area (Å²) in [6.45, 7) is 1.44. The topological polar surface area (TPSA) is 91.2 Å². The lowest BCUT2D eigenvalue weighted by molar-refractivity contribution is 0.152. The Bertz CT molecular complexity index is 907. The fraction of sp³-hybridized carbons (Fsp3) is 0.444. The lowest BCUT2D eigenvalue weighted by atomic mass is 9.97. The first-order chi connectivity index (χ1) is 12.6. The van der Waals surface area contributed by atoms with Crippen LogP contribution in [-0.4, -0.2) is 63.4 Å². The van der Waals surface area contributed by atoms with Gasteiger partial charge in [0, 0.05) is 44.9 Å². The van der Waals surface area contributed by atoms with Gasteiger partial charge in [0.2, 0.25) is 5.89 Å². The van der Waals surface area contributed by atoms with Gasteiger partial charge in [0.1, 0.15) is 0 Å². The molecule has 3 aromatic rings. The lowest BCUT2D eigenvalue weighted by Gasteiger charge is -2.32. The number of likely N-dealkylation sites (tertiary alicyclic amines) is 1. The maximum atomic E-state index is 12.0. The molecule has 1 fully saturated rings. The summed E-state index contributed by atoms with van der Waals surface area (Å²) in [7, 11) is 3.55. The molecule has 26 heavy (non-hydrogen) atoms. The Balaban J connectivity index is 1.39. The summed E-state index contributed by atoms with van der Waals surface area (Å²) in [5.41, 5.74) is 2.12. The number of amides is 2. The highest BCUT2D eigenvalue weighted by atomic mass is 16.5. The van der Waals surface area contributed by atoms with Gasteiger partial charge in [-0.1, -0.05) is 17.3 Å². The van der Waals surface area contributed by atoms with Crippen molar-refractivity contribution < 1.29 is 9.32 Å². The highest BCUT2D eigenvalue weighted by molar-refractivity contribution is 5.78. The Morgan fingerprint density at radius 1 is 1.35 bits per heavy atom. The third kappa shape index (κ3) is 3.26. The maximum Gasteiger partial charge on any atom is 0.319 e. The van der Waals surface area contributed by atoms with Gasteiger partial charge in [-0.15, -0.1) is 0 Å². The minimum Gasteiger partial charge on any atom is -0.339 e. The molecule has 0 atom stereocenters. The molecule has 1 N–H and O–H groups in total. The molecule has 4 rings (SSSR count). The number of H-pyrrole nitrogens is 1. The summed E-state index contributed by atoms with van der Waals surface area (Å²) >= 11 is 0.